The quantitative estimate of drug-likeness (QED) is 0.764. The van der Waals surface area contributed by atoms with Crippen molar-refractivity contribution in [2.24, 2.45) is 0 Å². The van der Waals surface area contributed by atoms with E-state index in [1.807, 2.05) is 54.6 Å². The molecule has 1 aromatic heterocycles. The summed E-state index contributed by atoms with van der Waals surface area (Å²) in [6, 6.07) is 17.7. The number of amides is 1. The van der Waals surface area contributed by atoms with E-state index in [9.17, 15) is 4.79 Å². The molecular weight excluding hydrogens is 292 g/mol. The molecule has 0 aliphatic heterocycles. The number of rotatable bonds is 4. The minimum Gasteiger partial charge on any atom is -0.320 e. The average molecular weight is 308 g/mol. The van der Waals surface area contributed by atoms with Crippen molar-refractivity contribution in [3.05, 3.63) is 71.2 Å². The van der Waals surface area contributed by atoms with E-state index in [0.29, 0.717) is 5.69 Å². The summed E-state index contributed by atoms with van der Waals surface area (Å²) in [5.74, 6) is -0.167. The first-order chi connectivity index (χ1) is 10.8. The predicted molar refractivity (Wildman–Crippen MR) is 91.3 cm³/mol. The molecule has 1 amide bonds. The smallest absolute Gasteiger partial charge is 0.275 e. The number of carbonyl (C=O) groups is 1. The van der Waals surface area contributed by atoms with E-state index < -0.39 is 0 Å². The first-order valence-electron chi connectivity index (χ1n) is 7.18. The van der Waals surface area contributed by atoms with Gasteiger partial charge >= 0.3 is 0 Å². The lowest BCUT2D eigenvalue weighted by atomic mass is 10.1. The van der Waals surface area contributed by atoms with E-state index in [0.717, 1.165) is 28.2 Å². The number of benzene rings is 2. The Kier molecular flexibility index (Phi) is 4.30. The molecule has 0 saturated heterocycles. The van der Waals surface area contributed by atoms with Crippen molar-refractivity contribution < 1.29 is 4.79 Å². The van der Waals surface area contributed by atoms with Crippen molar-refractivity contribution in [1.82, 2.24) is 4.98 Å². The maximum atomic E-state index is 12.4. The van der Waals surface area contributed by atoms with Crippen LogP contribution < -0.4 is 5.32 Å². The maximum absolute atomic E-state index is 12.4. The van der Waals surface area contributed by atoms with Crippen LogP contribution in [-0.2, 0) is 6.42 Å². The zero-order chi connectivity index (χ0) is 15.4. The molecule has 0 bridgehead atoms. The Bertz CT molecular complexity index is 781. The molecule has 0 fully saturated rings. The number of aryl methyl sites for hydroxylation is 1. The molecular formula is C18H16N2OS. The van der Waals surface area contributed by atoms with E-state index >= 15 is 0 Å². The van der Waals surface area contributed by atoms with Gasteiger partial charge in [0.1, 0.15) is 10.7 Å². The molecule has 0 radical (unpaired) electrons. The Labute approximate surface area is 133 Å². The summed E-state index contributed by atoms with van der Waals surface area (Å²) in [6.45, 7) is 2.07. The molecule has 2 aromatic carbocycles. The average Bonchev–Trinajstić information content (AvgIpc) is 3.06. The zero-order valence-corrected chi connectivity index (χ0v) is 13.1. The first-order valence-corrected chi connectivity index (χ1v) is 8.06. The van der Waals surface area contributed by atoms with Crippen LogP contribution in [0.2, 0.25) is 0 Å². The van der Waals surface area contributed by atoms with E-state index in [2.05, 4.69) is 17.2 Å². The number of para-hydroxylation sites is 1. The summed E-state index contributed by atoms with van der Waals surface area (Å²) in [4.78, 5) is 16.8. The van der Waals surface area contributed by atoms with Gasteiger partial charge in [0.05, 0.1) is 0 Å². The molecule has 1 N–H and O–H groups in total. The Balaban J connectivity index is 1.80. The molecule has 0 saturated carbocycles. The van der Waals surface area contributed by atoms with Gasteiger partial charge in [-0.25, -0.2) is 4.98 Å². The molecule has 3 rings (SSSR count). The van der Waals surface area contributed by atoms with Gasteiger partial charge in [-0.15, -0.1) is 11.3 Å². The van der Waals surface area contributed by atoms with Crippen LogP contribution in [0.3, 0.4) is 0 Å². The molecule has 0 spiro atoms. The largest absolute Gasteiger partial charge is 0.320 e. The van der Waals surface area contributed by atoms with Crippen LogP contribution in [-0.4, -0.2) is 10.9 Å². The molecule has 3 nitrogen and oxygen atoms in total. The minimum atomic E-state index is -0.167. The third-order valence-electron chi connectivity index (χ3n) is 3.40. The molecule has 0 aliphatic carbocycles. The standard InChI is InChI=1S/C18H16N2OS/c1-2-13-8-6-7-11-15(13)19-17(21)16-12-22-18(20-16)14-9-4-3-5-10-14/h3-12H,2H2,1H3,(H,19,21). The maximum Gasteiger partial charge on any atom is 0.275 e. The minimum absolute atomic E-state index is 0.167. The number of hydrogen-bond donors (Lipinski definition) is 1. The van der Waals surface area contributed by atoms with Gasteiger partial charge in [0, 0.05) is 16.6 Å². The second kappa shape index (κ2) is 6.54. The van der Waals surface area contributed by atoms with Crippen LogP contribution in [0.15, 0.2) is 60.0 Å². The van der Waals surface area contributed by atoms with Gasteiger partial charge in [-0.1, -0.05) is 55.5 Å². The first kappa shape index (κ1) is 14.5. The summed E-state index contributed by atoms with van der Waals surface area (Å²) < 4.78 is 0. The SMILES string of the molecule is CCc1ccccc1NC(=O)c1csc(-c2ccccc2)n1. The molecule has 4 heteroatoms. The summed E-state index contributed by atoms with van der Waals surface area (Å²) in [5.41, 5.74) is 3.45. The molecule has 0 aliphatic rings. The Morgan fingerprint density at radius 3 is 2.59 bits per heavy atom. The van der Waals surface area contributed by atoms with Gasteiger partial charge < -0.3 is 5.32 Å². The number of carbonyl (C=O) groups excluding carboxylic acids is 1. The van der Waals surface area contributed by atoms with Crippen molar-refractivity contribution in [3.8, 4) is 10.6 Å². The third-order valence-corrected chi connectivity index (χ3v) is 4.30. The fourth-order valence-corrected chi connectivity index (χ4v) is 3.03. The summed E-state index contributed by atoms with van der Waals surface area (Å²) in [5, 5.41) is 5.60. The van der Waals surface area contributed by atoms with Crippen LogP contribution in [0.4, 0.5) is 5.69 Å². The van der Waals surface area contributed by atoms with E-state index in [-0.39, 0.29) is 5.91 Å². The van der Waals surface area contributed by atoms with Gasteiger partial charge in [0.25, 0.3) is 5.91 Å². The molecule has 110 valence electrons. The number of anilines is 1. The summed E-state index contributed by atoms with van der Waals surface area (Å²) >= 11 is 1.48. The lowest BCUT2D eigenvalue weighted by molar-refractivity contribution is 0.102. The highest BCUT2D eigenvalue weighted by Gasteiger charge is 2.13. The molecule has 3 aromatic rings. The number of aromatic nitrogens is 1. The topological polar surface area (TPSA) is 42.0 Å². The van der Waals surface area contributed by atoms with Gasteiger partial charge in [0.15, 0.2) is 0 Å². The molecule has 1 heterocycles. The van der Waals surface area contributed by atoms with Crippen molar-refractivity contribution in [2.75, 3.05) is 5.32 Å². The zero-order valence-electron chi connectivity index (χ0n) is 12.2. The third kappa shape index (κ3) is 3.07. The van der Waals surface area contributed by atoms with E-state index in [1.165, 1.54) is 11.3 Å². The van der Waals surface area contributed by atoms with Crippen LogP contribution in [0.5, 0.6) is 0 Å². The normalized spacial score (nSPS) is 10.4. The highest BCUT2D eigenvalue weighted by Crippen LogP contribution is 2.24. The van der Waals surface area contributed by atoms with Gasteiger partial charge in [-0.05, 0) is 18.1 Å². The number of hydrogen-bond acceptors (Lipinski definition) is 3. The van der Waals surface area contributed by atoms with E-state index in [4.69, 9.17) is 0 Å². The van der Waals surface area contributed by atoms with Crippen molar-refractivity contribution in [2.45, 2.75) is 13.3 Å². The molecule has 22 heavy (non-hydrogen) atoms. The lowest BCUT2D eigenvalue weighted by Gasteiger charge is -2.08. The summed E-state index contributed by atoms with van der Waals surface area (Å²) in [6.07, 6.45) is 0.878. The monoisotopic (exact) mass is 308 g/mol. The van der Waals surface area contributed by atoms with Crippen LogP contribution >= 0.6 is 11.3 Å². The Morgan fingerprint density at radius 1 is 1.09 bits per heavy atom. The lowest BCUT2D eigenvalue weighted by Crippen LogP contribution is -2.13. The van der Waals surface area contributed by atoms with Gasteiger partial charge in [-0.3, -0.25) is 4.79 Å². The summed E-state index contributed by atoms with van der Waals surface area (Å²) in [7, 11) is 0. The van der Waals surface area contributed by atoms with Crippen LogP contribution in [0.25, 0.3) is 10.6 Å². The second-order valence-corrected chi connectivity index (χ2v) is 5.73. The Hall–Kier alpha value is -2.46. The number of thiazole rings is 1. The fraction of sp³-hybridized carbons (Fsp3) is 0.111. The van der Waals surface area contributed by atoms with Crippen LogP contribution in [0.1, 0.15) is 23.0 Å². The Morgan fingerprint density at radius 2 is 1.82 bits per heavy atom. The number of nitrogens with zero attached hydrogens (tertiary/aromatic N) is 1. The van der Waals surface area contributed by atoms with Gasteiger partial charge in [-0.2, -0.15) is 0 Å². The second-order valence-electron chi connectivity index (χ2n) is 4.87. The van der Waals surface area contributed by atoms with Crippen molar-refractivity contribution in [1.29, 1.82) is 0 Å². The molecule has 0 atom stereocenters. The van der Waals surface area contributed by atoms with Crippen molar-refractivity contribution >= 4 is 22.9 Å². The highest BCUT2D eigenvalue weighted by molar-refractivity contribution is 7.13. The van der Waals surface area contributed by atoms with Crippen molar-refractivity contribution in [3.63, 3.8) is 0 Å². The highest BCUT2D eigenvalue weighted by atomic mass is 32.1. The van der Waals surface area contributed by atoms with Gasteiger partial charge in [0.2, 0.25) is 0 Å². The fourth-order valence-electron chi connectivity index (χ4n) is 2.23. The predicted octanol–water partition coefficient (Wildman–Crippen LogP) is 4.62. The molecule has 0 unspecified atom stereocenters. The van der Waals surface area contributed by atoms with Crippen LogP contribution in [0, 0.1) is 0 Å². The van der Waals surface area contributed by atoms with E-state index in [1.54, 1.807) is 5.38 Å². The number of nitrogens with one attached hydrogen (secondary N) is 1.